The van der Waals surface area contributed by atoms with Gasteiger partial charge in [-0.2, -0.15) is 5.26 Å². The third-order valence-corrected chi connectivity index (χ3v) is 9.27. The molecule has 0 spiro atoms. The fraction of sp³-hybridized carbons (Fsp3) is 0.314. The number of halogens is 3. The number of nitriles is 1. The van der Waals surface area contributed by atoms with Gasteiger partial charge in [-0.1, -0.05) is 35.3 Å². The molecule has 6 rings (SSSR count). The highest BCUT2D eigenvalue weighted by Crippen LogP contribution is 2.39. The van der Waals surface area contributed by atoms with Crippen LogP contribution in [0.15, 0.2) is 72.7 Å². The molecule has 2 aliphatic heterocycles. The number of methoxy groups -OCH3 is 1. The van der Waals surface area contributed by atoms with Crippen molar-refractivity contribution in [2.75, 3.05) is 30.8 Å². The second kappa shape index (κ2) is 13.5. The number of fused-ring (bicyclic) bond motifs is 1. The number of ether oxygens (including phenoxy) is 1. The maximum absolute atomic E-state index is 13.9. The molecule has 0 aliphatic carbocycles. The normalized spacial score (nSPS) is 16.4. The summed E-state index contributed by atoms with van der Waals surface area (Å²) in [5.41, 5.74) is 11.5. The number of hydrazine groups is 2. The van der Waals surface area contributed by atoms with Gasteiger partial charge in [0.05, 0.1) is 46.3 Å². The molecule has 1 unspecified atom stereocenters. The van der Waals surface area contributed by atoms with Crippen LogP contribution in [-0.2, 0) is 0 Å². The van der Waals surface area contributed by atoms with E-state index in [0.717, 1.165) is 37.2 Å². The average Bonchev–Trinajstić information content (AvgIpc) is 3.55. The minimum atomic E-state index is -0.528. The van der Waals surface area contributed by atoms with E-state index in [1.165, 1.54) is 18.3 Å². The molecule has 2 aliphatic rings. The van der Waals surface area contributed by atoms with Crippen LogP contribution in [-0.4, -0.2) is 46.7 Å². The lowest BCUT2D eigenvalue weighted by Crippen LogP contribution is -2.52. The summed E-state index contributed by atoms with van der Waals surface area (Å²) >= 11 is 12.3. The van der Waals surface area contributed by atoms with Crippen LogP contribution in [0.25, 0.3) is 10.9 Å². The smallest absolute Gasteiger partial charge is 0.144 e. The Hall–Kier alpha value is -4.27. The number of benzene rings is 3. The molecule has 1 atom stereocenters. The monoisotopic (exact) mass is 674 g/mol. The van der Waals surface area contributed by atoms with E-state index in [4.69, 9.17) is 27.9 Å². The van der Waals surface area contributed by atoms with Gasteiger partial charge < -0.3 is 20.8 Å². The number of anilines is 3. The summed E-state index contributed by atoms with van der Waals surface area (Å²) in [6.07, 6.45) is 5.70. The number of rotatable bonds is 8. The Morgan fingerprint density at radius 3 is 2.49 bits per heavy atom. The lowest BCUT2D eigenvalue weighted by molar-refractivity contribution is 0.0570. The lowest BCUT2D eigenvalue weighted by Gasteiger charge is -2.42. The number of likely N-dealkylation sites (tertiary alicyclic amines) is 1. The maximum atomic E-state index is 13.9. The Bertz CT molecular complexity index is 1850. The minimum absolute atomic E-state index is 0.0264. The Balaban J connectivity index is 1.36. The van der Waals surface area contributed by atoms with Gasteiger partial charge in [0, 0.05) is 59.2 Å². The van der Waals surface area contributed by atoms with Crippen LogP contribution in [0.2, 0.25) is 10.0 Å². The summed E-state index contributed by atoms with van der Waals surface area (Å²) in [5, 5.41) is 20.4. The number of pyridine rings is 1. The predicted octanol–water partition coefficient (Wildman–Crippen LogP) is 7.89. The zero-order valence-corrected chi connectivity index (χ0v) is 28.2. The van der Waals surface area contributed by atoms with Crippen molar-refractivity contribution in [3.63, 3.8) is 0 Å². The SMILES string of the molecule is COc1cc2ncc(C#N)c(Nc3ccc(F)c(Cl)c3)c2cc1NC(C1=CN(C2CCN(C(C)(C)C)CC2)NN1)c1ccc(Cl)cc1. The van der Waals surface area contributed by atoms with Gasteiger partial charge in [0.2, 0.25) is 0 Å². The fourth-order valence-corrected chi connectivity index (χ4v) is 6.40. The van der Waals surface area contributed by atoms with E-state index in [9.17, 15) is 9.65 Å². The molecule has 12 heteroatoms. The second-order valence-electron chi connectivity index (χ2n) is 12.7. The summed E-state index contributed by atoms with van der Waals surface area (Å²) in [6, 6.07) is 18.0. The van der Waals surface area contributed by atoms with Crippen molar-refractivity contribution in [3.05, 3.63) is 99.7 Å². The van der Waals surface area contributed by atoms with Crippen molar-refractivity contribution < 1.29 is 9.13 Å². The van der Waals surface area contributed by atoms with Crippen LogP contribution in [0.1, 0.15) is 50.8 Å². The summed E-state index contributed by atoms with van der Waals surface area (Å²) < 4.78 is 19.7. The maximum Gasteiger partial charge on any atom is 0.144 e. The number of piperidine rings is 1. The van der Waals surface area contributed by atoms with Crippen LogP contribution in [0, 0.1) is 17.1 Å². The van der Waals surface area contributed by atoms with E-state index in [1.807, 2.05) is 36.4 Å². The number of hydrogen-bond acceptors (Lipinski definition) is 9. The van der Waals surface area contributed by atoms with Crippen molar-refractivity contribution in [1.82, 2.24) is 25.9 Å². The molecule has 9 nitrogen and oxygen atoms in total. The number of aromatic nitrogens is 1. The quantitative estimate of drug-likeness (QED) is 0.149. The predicted molar refractivity (Wildman–Crippen MR) is 186 cm³/mol. The number of nitrogens with one attached hydrogen (secondary N) is 4. The molecule has 1 saturated heterocycles. The number of hydrogen-bond donors (Lipinski definition) is 4. The summed E-state index contributed by atoms with van der Waals surface area (Å²) in [4.78, 5) is 7.06. The Labute approximate surface area is 284 Å². The molecule has 4 aromatic rings. The van der Waals surface area contributed by atoms with E-state index < -0.39 is 5.82 Å². The molecule has 3 aromatic carbocycles. The van der Waals surface area contributed by atoms with Gasteiger partial charge in [0.1, 0.15) is 17.6 Å². The molecule has 0 radical (unpaired) electrons. The highest BCUT2D eigenvalue weighted by atomic mass is 35.5. The first-order valence-corrected chi connectivity index (χ1v) is 16.2. The molecule has 1 aromatic heterocycles. The molecule has 0 saturated carbocycles. The fourth-order valence-electron chi connectivity index (χ4n) is 6.09. The van der Waals surface area contributed by atoms with Gasteiger partial charge in [-0.05, 0) is 75.6 Å². The molecule has 47 heavy (non-hydrogen) atoms. The summed E-state index contributed by atoms with van der Waals surface area (Å²) in [5.74, 6) is 0.0439. The molecule has 4 N–H and O–H groups in total. The van der Waals surface area contributed by atoms with Crippen molar-refractivity contribution >= 4 is 51.2 Å². The first-order chi connectivity index (χ1) is 22.5. The van der Waals surface area contributed by atoms with Gasteiger partial charge >= 0.3 is 0 Å². The van der Waals surface area contributed by atoms with E-state index in [2.05, 4.69) is 69.5 Å². The zero-order chi connectivity index (χ0) is 33.3. The van der Waals surface area contributed by atoms with Crippen molar-refractivity contribution in [2.24, 2.45) is 0 Å². The first-order valence-electron chi connectivity index (χ1n) is 15.5. The highest BCUT2D eigenvalue weighted by molar-refractivity contribution is 6.31. The van der Waals surface area contributed by atoms with Crippen LogP contribution >= 0.6 is 23.2 Å². The third kappa shape index (κ3) is 7.04. The highest BCUT2D eigenvalue weighted by Gasteiger charge is 2.32. The largest absolute Gasteiger partial charge is 0.495 e. The molecule has 1 fully saturated rings. The van der Waals surface area contributed by atoms with Gasteiger partial charge in [-0.3, -0.25) is 14.9 Å². The molecular weight excluding hydrogens is 638 g/mol. The van der Waals surface area contributed by atoms with E-state index in [-0.39, 0.29) is 16.6 Å². The summed E-state index contributed by atoms with van der Waals surface area (Å²) in [7, 11) is 1.60. The minimum Gasteiger partial charge on any atom is -0.495 e. The van der Waals surface area contributed by atoms with Crippen LogP contribution < -0.4 is 26.3 Å². The Kier molecular flexibility index (Phi) is 9.35. The summed E-state index contributed by atoms with van der Waals surface area (Å²) in [6.45, 7) is 8.85. The second-order valence-corrected chi connectivity index (χ2v) is 13.6. The van der Waals surface area contributed by atoms with E-state index >= 15 is 0 Å². The van der Waals surface area contributed by atoms with Gasteiger partial charge in [-0.15, -0.1) is 5.53 Å². The van der Waals surface area contributed by atoms with E-state index in [1.54, 1.807) is 13.2 Å². The van der Waals surface area contributed by atoms with E-state index in [0.29, 0.717) is 50.3 Å². The molecule has 0 bridgehead atoms. The van der Waals surface area contributed by atoms with Gasteiger partial charge in [0.25, 0.3) is 0 Å². The van der Waals surface area contributed by atoms with Gasteiger partial charge in [0.15, 0.2) is 0 Å². The Morgan fingerprint density at radius 1 is 1.09 bits per heavy atom. The molecule has 0 amide bonds. The molecule has 3 heterocycles. The lowest BCUT2D eigenvalue weighted by atomic mass is 9.98. The average molecular weight is 676 g/mol. The van der Waals surface area contributed by atoms with Crippen LogP contribution in [0.5, 0.6) is 5.75 Å². The number of nitrogens with zero attached hydrogens (tertiary/aromatic N) is 4. The van der Waals surface area contributed by atoms with Crippen molar-refractivity contribution in [2.45, 2.75) is 51.2 Å². The zero-order valence-electron chi connectivity index (χ0n) is 26.7. The third-order valence-electron chi connectivity index (χ3n) is 8.73. The Morgan fingerprint density at radius 2 is 1.83 bits per heavy atom. The topological polar surface area (TPSA) is 101 Å². The molecule has 244 valence electrons. The standard InChI is InChI=1S/C35H37Cl2FN8O/c1-35(2,3)45-13-11-25(12-14-45)46-20-31(43-44-46)34(21-5-7-23(36)8-6-21)42-30-16-26-29(17-32(30)47-4)40-19-22(18-39)33(26)41-24-9-10-28(38)27(37)15-24/h5-10,15-17,19-20,25,34,42-44H,11-14H2,1-4H3,(H,40,41). The van der Waals surface area contributed by atoms with Crippen LogP contribution in [0.4, 0.5) is 21.5 Å². The van der Waals surface area contributed by atoms with Gasteiger partial charge in [-0.25, -0.2) is 4.39 Å². The van der Waals surface area contributed by atoms with Crippen molar-refractivity contribution in [1.29, 1.82) is 5.26 Å². The molecular formula is C35H37Cl2FN8O. The first kappa shape index (κ1) is 32.7. The van der Waals surface area contributed by atoms with Crippen molar-refractivity contribution in [3.8, 4) is 11.8 Å². The van der Waals surface area contributed by atoms with Crippen LogP contribution in [0.3, 0.4) is 0 Å².